The maximum absolute atomic E-state index is 5.27. The highest BCUT2D eigenvalue weighted by Crippen LogP contribution is 2.20. The molecule has 3 heterocycles. The summed E-state index contributed by atoms with van der Waals surface area (Å²) in [5, 5.41) is 9.43. The van der Waals surface area contributed by atoms with Crippen molar-refractivity contribution in [3.63, 3.8) is 0 Å². The van der Waals surface area contributed by atoms with E-state index in [4.69, 9.17) is 4.52 Å². The van der Waals surface area contributed by atoms with Crippen LogP contribution >= 0.6 is 11.3 Å². The van der Waals surface area contributed by atoms with Crippen molar-refractivity contribution in [1.29, 1.82) is 0 Å². The number of nitrogens with one attached hydrogen (secondary N) is 1. The van der Waals surface area contributed by atoms with Crippen molar-refractivity contribution < 1.29 is 4.52 Å². The van der Waals surface area contributed by atoms with Gasteiger partial charge in [0.1, 0.15) is 0 Å². The second-order valence-corrected chi connectivity index (χ2v) is 5.02. The SMILES string of the molecule is c1csc(Cc2nc(C3CCNC3)no2)c1. The Hall–Kier alpha value is -1.20. The molecule has 4 nitrogen and oxygen atoms in total. The van der Waals surface area contributed by atoms with Crippen LogP contribution in [0.15, 0.2) is 22.0 Å². The summed E-state index contributed by atoms with van der Waals surface area (Å²) in [6.45, 7) is 2.03. The summed E-state index contributed by atoms with van der Waals surface area (Å²) < 4.78 is 5.27. The summed E-state index contributed by atoms with van der Waals surface area (Å²) in [5.41, 5.74) is 0. The first-order valence-corrected chi connectivity index (χ1v) is 6.35. The van der Waals surface area contributed by atoms with Gasteiger partial charge in [-0.25, -0.2) is 0 Å². The first-order chi connectivity index (χ1) is 7.92. The smallest absolute Gasteiger partial charge is 0.231 e. The van der Waals surface area contributed by atoms with E-state index in [1.54, 1.807) is 11.3 Å². The van der Waals surface area contributed by atoms with Gasteiger partial charge in [0.05, 0.1) is 6.42 Å². The van der Waals surface area contributed by atoms with Crippen LogP contribution in [0.2, 0.25) is 0 Å². The number of hydrogen-bond acceptors (Lipinski definition) is 5. The first-order valence-electron chi connectivity index (χ1n) is 5.47. The maximum Gasteiger partial charge on any atom is 0.231 e. The molecule has 1 N–H and O–H groups in total. The lowest BCUT2D eigenvalue weighted by Gasteiger charge is -1.98. The van der Waals surface area contributed by atoms with E-state index in [2.05, 4.69) is 26.9 Å². The number of thiophene rings is 1. The molecule has 3 rings (SSSR count). The summed E-state index contributed by atoms with van der Waals surface area (Å²) in [6, 6.07) is 4.13. The summed E-state index contributed by atoms with van der Waals surface area (Å²) in [4.78, 5) is 5.72. The van der Waals surface area contributed by atoms with Crippen molar-refractivity contribution >= 4 is 11.3 Å². The molecule has 0 spiro atoms. The minimum absolute atomic E-state index is 0.431. The van der Waals surface area contributed by atoms with Crippen molar-refractivity contribution in [2.45, 2.75) is 18.8 Å². The second-order valence-electron chi connectivity index (χ2n) is 3.99. The maximum atomic E-state index is 5.27. The van der Waals surface area contributed by atoms with Gasteiger partial charge in [-0.05, 0) is 24.4 Å². The molecule has 1 aliphatic heterocycles. The normalized spacial score (nSPS) is 20.4. The molecular weight excluding hydrogens is 222 g/mol. The molecule has 0 aliphatic carbocycles. The minimum atomic E-state index is 0.431. The van der Waals surface area contributed by atoms with E-state index in [0.717, 1.165) is 37.6 Å². The van der Waals surface area contributed by atoms with Crippen LogP contribution in [0.4, 0.5) is 0 Å². The Morgan fingerprint density at radius 3 is 3.31 bits per heavy atom. The first kappa shape index (κ1) is 9.99. The Bertz CT molecular complexity index is 446. The molecule has 84 valence electrons. The summed E-state index contributed by atoms with van der Waals surface area (Å²) in [7, 11) is 0. The lowest BCUT2D eigenvalue weighted by molar-refractivity contribution is 0.377. The van der Waals surface area contributed by atoms with Crippen molar-refractivity contribution in [3.8, 4) is 0 Å². The van der Waals surface area contributed by atoms with Crippen molar-refractivity contribution in [1.82, 2.24) is 15.5 Å². The van der Waals surface area contributed by atoms with Gasteiger partial charge in [0.25, 0.3) is 0 Å². The van der Waals surface area contributed by atoms with E-state index in [1.165, 1.54) is 4.88 Å². The highest BCUT2D eigenvalue weighted by Gasteiger charge is 2.21. The molecule has 0 radical (unpaired) electrons. The van der Waals surface area contributed by atoms with Gasteiger partial charge in [-0.15, -0.1) is 11.3 Å². The van der Waals surface area contributed by atoms with Gasteiger partial charge < -0.3 is 9.84 Å². The average Bonchev–Trinajstić information content (AvgIpc) is 2.99. The highest BCUT2D eigenvalue weighted by molar-refractivity contribution is 7.09. The van der Waals surface area contributed by atoms with Gasteiger partial charge in [0.15, 0.2) is 5.82 Å². The second kappa shape index (κ2) is 4.35. The Labute approximate surface area is 97.7 Å². The molecule has 1 unspecified atom stereocenters. The summed E-state index contributed by atoms with van der Waals surface area (Å²) in [5.74, 6) is 2.02. The Kier molecular flexibility index (Phi) is 2.71. The Balaban J connectivity index is 1.72. The molecule has 0 saturated carbocycles. The van der Waals surface area contributed by atoms with Crippen LogP contribution in [0.3, 0.4) is 0 Å². The number of nitrogens with zero attached hydrogens (tertiary/aromatic N) is 2. The van der Waals surface area contributed by atoms with Crippen molar-refractivity contribution in [3.05, 3.63) is 34.1 Å². The molecule has 2 aromatic rings. The monoisotopic (exact) mass is 235 g/mol. The molecule has 2 aromatic heterocycles. The number of rotatable bonds is 3. The minimum Gasteiger partial charge on any atom is -0.339 e. The van der Waals surface area contributed by atoms with E-state index in [0.29, 0.717) is 5.92 Å². The van der Waals surface area contributed by atoms with E-state index in [1.807, 2.05) is 6.07 Å². The summed E-state index contributed by atoms with van der Waals surface area (Å²) >= 11 is 1.72. The predicted octanol–water partition coefficient (Wildman–Crippen LogP) is 1.80. The third-order valence-corrected chi connectivity index (χ3v) is 3.69. The van der Waals surface area contributed by atoms with Crippen molar-refractivity contribution in [2.75, 3.05) is 13.1 Å². The standard InChI is InChI=1S/C11H13N3OS/c1-2-9(16-5-1)6-10-13-11(14-15-10)8-3-4-12-7-8/h1-2,5,8,12H,3-4,6-7H2. The molecule has 1 aliphatic rings. The molecule has 0 bridgehead atoms. The highest BCUT2D eigenvalue weighted by atomic mass is 32.1. The van der Waals surface area contributed by atoms with Crippen LogP contribution < -0.4 is 5.32 Å². The van der Waals surface area contributed by atoms with E-state index in [-0.39, 0.29) is 0 Å². The van der Waals surface area contributed by atoms with Crippen LogP contribution in [0.1, 0.15) is 28.9 Å². The van der Waals surface area contributed by atoms with Gasteiger partial charge in [-0.2, -0.15) is 4.98 Å². The van der Waals surface area contributed by atoms with E-state index < -0.39 is 0 Å². The molecular formula is C11H13N3OS. The number of hydrogen-bond donors (Lipinski definition) is 1. The van der Waals surface area contributed by atoms with Gasteiger partial charge in [-0.3, -0.25) is 0 Å². The largest absolute Gasteiger partial charge is 0.339 e. The van der Waals surface area contributed by atoms with Crippen LogP contribution in [0.5, 0.6) is 0 Å². The third kappa shape index (κ3) is 2.01. The van der Waals surface area contributed by atoms with E-state index in [9.17, 15) is 0 Å². The van der Waals surface area contributed by atoms with Gasteiger partial charge >= 0.3 is 0 Å². The fourth-order valence-corrected chi connectivity index (χ4v) is 2.64. The predicted molar refractivity (Wildman–Crippen MR) is 61.7 cm³/mol. The molecule has 0 aromatic carbocycles. The van der Waals surface area contributed by atoms with Crippen LogP contribution in [0.25, 0.3) is 0 Å². The zero-order chi connectivity index (χ0) is 10.8. The zero-order valence-corrected chi connectivity index (χ0v) is 9.67. The van der Waals surface area contributed by atoms with Gasteiger partial charge in [0, 0.05) is 17.3 Å². The lowest BCUT2D eigenvalue weighted by Crippen LogP contribution is -2.08. The summed E-state index contributed by atoms with van der Waals surface area (Å²) in [6.07, 6.45) is 1.86. The van der Waals surface area contributed by atoms with E-state index >= 15 is 0 Å². The zero-order valence-electron chi connectivity index (χ0n) is 8.85. The fourth-order valence-electron chi connectivity index (χ4n) is 1.94. The average molecular weight is 235 g/mol. The molecule has 5 heteroatoms. The van der Waals surface area contributed by atoms with Crippen LogP contribution in [-0.2, 0) is 6.42 Å². The molecule has 1 fully saturated rings. The Morgan fingerprint density at radius 1 is 1.56 bits per heavy atom. The topological polar surface area (TPSA) is 51.0 Å². The molecule has 1 saturated heterocycles. The fraction of sp³-hybridized carbons (Fsp3) is 0.455. The van der Waals surface area contributed by atoms with Gasteiger partial charge in [-0.1, -0.05) is 11.2 Å². The van der Waals surface area contributed by atoms with Gasteiger partial charge in [0.2, 0.25) is 5.89 Å². The number of aromatic nitrogens is 2. The lowest BCUT2D eigenvalue weighted by atomic mass is 10.1. The van der Waals surface area contributed by atoms with Crippen LogP contribution in [0, 0.1) is 0 Å². The van der Waals surface area contributed by atoms with Crippen LogP contribution in [-0.4, -0.2) is 23.2 Å². The quantitative estimate of drug-likeness (QED) is 0.881. The molecule has 1 atom stereocenters. The molecule has 16 heavy (non-hydrogen) atoms. The Morgan fingerprint density at radius 2 is 2.56 bits per heavy atom. The van der Waals surface area contributed by atoms with Crippen molar-refractivity contribution in [2.24, 2.45) is 0 Å². The molecule has 0 amide bonds. The third-order valence-electron chi connectivity index (χ3n) is 2.81.